The summed E-state index contributed by atoms with van der Waals surface area (Å²) in [5, 5.41) is 15.1. The van der Waals surface area contributed by atoms with Crippen molar-refractivity contribution in [2.45, 2.75) is 61.8 Å². The van der Waals surface area contributed by atoms with Crippen LogP contribution in [0.5, 0.6) is 0 Å². The van der Waals surface area contributed by atoms with Crippen LogP contribution in [0.25, 0.3) is 0 Å². The molecule has 2 heterocycles. The molecule has 1 saturated heterocycles. The van der Waals surface area contributed by atoms with Gasteiger partial charge in [-0.25, -0.2) is 0 Å². The van der Waals surface area contributed by atoms with E-state index in [1.165, 1.54) is 23.1 Å². The van der Waals surface area contributed by atoms with E-state index in [1.54, 1.807) is 0 Å². The van der Waals surface area contributed by atoms with Crippen molar-refractivity contribution in [1.29, 1.82) is 0 Å². The first kappa shape index (κ1) is 17.5. The van der Waals surface area contributed by atoms with E-state index in [9.17, 15) is 4.79 Å². The smallest absolute Gasteiger partial charge is 0.233 e. The van der Waals surface area contributed by atoms with E-state index in [1.807, 2.05) is 27.7 Å². The van der Waals surface area contributed by atoms with Gasteiger partial charge in [0.15, 0.2) is 4.34 Å². The summed E-state index contributed by atoms with van der Waals surface area (Å²) in [7, 11) is 0. The molecular weight excluding hydrogens is 320 g/mol. The van der Waals surface area contributed by atoms with Gasteiger partial charge in [0, 0.05) is 18.7 Å². The van der Waals surface area contributed by atoms with Crippen LogP contribution >= 0.6 is 23.1 Å². The normalized spacial score (nSPS) is 19.9. The van der Waals surface area contributed by atoms with Crippen LogP contribution in [0.15, 0.2) is 4.34 Å². The lowest BCUT2D eigenvalue weighted by molar-refractivity contribution is -0.121. The van der Waals surface area contributed by atoms with Crippen molar-refractivity contribution in [2.24, 2.45) is 0 Å². The molecule has 1 amide bonds. The summed E-state index contributed by atoms with van der Waals surface area (Å²) >= 11 is 2.91. The van der Waals surface area contributed by atoms with Crippen LogP contribution in [-0.2, 0) is 9.53 Å². The first-order chi connectivity index (χ1) is 10.3. The average molecular weight is 345 g/mol. The van der Waals surface area contributed by atoms with Crippen LogP contribution in [0.3, 0.4) is 0 Å². The van der Waals surface area contributed by atoms with Gasteiger partial charge in [0.1, 0.15) is 0 Å². The van der Waals surface area contributed by atoms with E-state index in [4.69, 9.17) is 4.74 Å². The maximum Gasteiger partial charge on any atom is 0.233 e. The Kier molecular flexibility index (Phi) is 6.05. The molecule has 22 heavy (non-hydrogen) atoms. The number of carbonyl (C=O) groups excluding carboxylic acids is 1. The summed E-state index contributed by atoms with van der Waals surface area (Å²) in [4.78, 5) is 12.1. The van der Waals surface area contributed by atoms with Crippen molar-refractivity contribution in [2.75, 3.05) is 18.5 Å². The fraction of sp³-hybridized carbons (Fsp3) is 0.786. The van der Waals surface area contributed by atoms with Gasteiger partial charge in [0.2, 0.25) is 11.0 Å². The van der Waals surface area contributed by atoms with Gasteiger partial charge in [-0.05, 0) is 40.5 Å². The van der Waals surface area contributed by atoms with Gasteiger partial charge >= 0.3 is 0 Å². The van der Waals surface area contributed by atoms with Gasteiger partial charge in [-0.3, -0.25) is 4.79 Å². The lowest BCUT2D eigenvalue weighted by atomic mass is 10.1. The van der Waals surface area contributed by atoms with Gasteiger partial charge in [-0.2, -0.15) is 0 Å². The molecule has 1 fully saturated rings. The standard InChI is InChI=1S/C14H24N4O2S2/c1-9(11(19)16-14(2,3)4)21-13-18-17-12(22-13)15-8-10-6-5-7-20-10/h9-10H,5-8H2,1-4H3,(H,15,17)(H,16,19). The van der Waals surface area contributed by atoms with Crippen LogP contribution in [0.1, 0.15) is 40.5 Å². The maximum absolute atomic E-state index is 12.1. The molecule has 1 aromatic heterocycles. The average Bonchev–Trinajstić information content (AvgIpc) is 3.05. The molecule has 1 aliphatic heterocycles. The number of nitrogens with one attached hydrogen (secondary N) is 2. The maximum atomic E-state index is 12.1. The molecule has 2 rings (SSSR count). The number of carbonyl (C=O) groups is 1. The van der Waals surface area contributed by atoms with Crippen molar-refractivity contribution >= 4 is 34.1 Å². The number of ether oxygens (including phenoxy) is 1. The molecule has 0 aromatic carbocycles. The SMILES string of the molecule is CC(Sc1nnc(NCC2CCCO2)s1)C(=O)NC(C)(C)C. The van der Waals surface area contributed by atoms with Crippen LogP contribution < -0.4 is 10.6 Å². The number of nitrogens with zero attached hydrogens (tertiary/aromatic N) is 2. The number of hydrogen-bond acceptors (Lipinski definition) is 7. The Morgan fingerprint density at radius 2 is 2.27 bits per heavy atom. The highest BCUT2D eigenvalue weighted by molar-refractivity contribution is 8.02. The van der Waals surface area contributed by atoms with Gasteiger partial charge in [-0.15, -0.1) is 10.2 Å². The van der Waals surface area contributed by atoms with Crippen molar-refractivity contribution in [3.63, 3.8) is 0 Å². The third-order valence-corrected chi connectivity index (χ3v) is 5.12. The molecule has 2 atom stereocenters. The summed E-state index contributed by atoms with van der Waals surface area (Å²) in [6.45, 7) is 9.41. The fourth-order valence-electron chi connectivity index (χ4n) is 2.01. The molecule has 2 unspecified atom stereocenters. The molecular formula is C14H24N4O2S2. The van der Waals surface area contributed by atoms with Crippen molar-refractivity contribution in [1.82, 2.24) is 15.5 Å². The van der Waals surface area contributed by atoms with Crippen molar-refractivity contribution in [3.8, 4) is 0 Å². The molecule has 0 bridgehead atoms. The van der Waals surface area contributed by atoms with Gasteiger partial charge < -0.3 is 15.4 Å². The minimum absolute atomic E-state index is 0.0153. The monoisotopic (exact) mass is 344 g/mol. The number of thioether (sulfide) groups is 1. The minimum Gasteiger partial charge on any atom is -0.376 e. The quantitative estimate of drug-likeness (QED) is 0.772. The largest absolute Gasteiger partial charge is 0.376 e. The molecule has 8 heteroatoms. The number of anilines is 1. The number of amides is 1. The predicted molar refractivity (Wildman–Crippen MR) is 90.6 cm³/mol. The van der Waals surface area contributed by atoms with Crippen LogP contribution in [0.2, 0.25) is 0 Å². The Morgan fingerprint density at radius 1 is 1.50 bits per heavy atom. The molecule has 1 aliphatic rings. The van der Waals surface area contributed by atoms with Gasteiger partial charge in [-0.1, -0.05) is 23.1 Å². The summed E-state index contributed by atoms with van der Waals surface area (Å²) in [6.07, 6.45) is 2.50. The molecule has 0 radical (unpaired) electrons. The lowest BCUT2D eigenvalue weighted by Crippen LogP contribution is -2.44. The Morgan fingerprint density at radius 3 is 2.91 bits per heavy atom. The molecule has 1 aromatic rings. The summed E-state index contributed by atoms with van der Waals surface area (Å²) in [5.41, 5.74) is -0.221. The highest BCUT2D eigenvalue weighted by Gasteiger charge is 2.22. The zero-order valence-corrected chi connectivity index (χ0v) is 15.1. The predicted octanol–water partition coefficient (Wildman–Crippen LogP) is 2.52. The third-order valence-electron chi connectivity index (χ3n) is 3.06. The Labute approximate surface area is 139 Å². The summed E-state index contributed by atoms with van der Waals surface area (Å²) in [6, 6.07) is 0. The first-order valence-corrected chi connectivity index (χ1v) is 9.21. The highest BCUT2D eigenvalue weighted by atomic mass is 32.2. The Balaban J connectivity index is 1.79. The lowest BCUT2D eigenvalue weighted by Gasteiger charge is -2.22. The van der Waals surface area contributed by atoms with E-state index in [0.29, 0.717) is 0 Å². The number of rotatable bonds is 6. The van der Waals surface area contributed by atoms with E-state index in [-0.39, 0.29) is 22.8 Å². The van der Waals surface area contributed by atoms with E-state index in [0.717, 1.165) is 35.5 Å². The van der Waals surface area contributed by atoms with Gasteiger partial charge in [0.05, 0.1) is 11.4 Å². The number of hydrogen-bond donors (Lipinski definition) is 2. The third kappa shape index (κ3) is 5.73. The van der Waals surface area contributed by atoms with Crippen LogP contribution in [0.4, 0.5) is 5.13 Å². The van der Waals surface area contributed by atoms with Crippen LogP contribution in [0, 0.1) is 0 Å². The van der Waals surface area contributed by atoms with Crippen molar-refractivity contribution < 1.29 is 9.53 Å². The molecule has 0 spiro atoms. The first-order valence-electron chi connectivity index (χ1n) is 7.51. The zero-order valence-electron chi connectivity index (χ0n) is 13.5. The molecule has 2 N–H and O–H groups in total. The van der Waals surface area contributed by atoms with E-state index in [2.05, 4.69) is 20.8 Å². The Bertz CT molecular complexity index is 495. The van der Waals surface area contributed by atoms with Gasteiger partial charge in [0.25, 0.3) is 0 Å². The van der Waals surface area contributed by atoms with E-state index < -0.39 is 0 Å². The molecule has 6 nitrogen and oxygen atoms in total. The molecule has 0 saturated carbocycles. The second-order valence-corrected chi connectivity index (χ2v) is 8.95. The molecule has 124 valence electrons. The van der Waals surface area contributed by atoms with E-state index >= 15 is 0 Å². The fourth-order valence-corrected chi connectivity index (χ4v) is 3.91. The number of aromatic nitrogens is 2. The highest BCUT2D eigenvalue weighted by Crippen LogP contribution is 2.29. The Hall–Kier alpha value is -0.860. The second kappa shape index (κ2) is 7.61. The summed E-state index contributed by atoms with van der Waals surface area (Å²) in [5.74, 6) is 0.0153. The van der Waals surface area contributed by atoms with Crippen LogP contribution in [-0.4, -0.2) is 46.1 Å². The molecule has 0 aliphatic carbocycles. The zero-order chi connectivity index (χ0) is 16.2. The second-order valence-electron chi connectivity index (χ2n) is 6.39. The summed E-state index contributed by atoms with van der Waals surface area (Å²) < 4.78 is 6.36. The van der Waals surface area contributed by atoms with Crippen molar-refractivity contribution in [3.05, 3.63) is 0 Å². The topological polar surface area (TPSA) is 76.1 Å². The minimum atomic E-state index is -0.221.